The van der Waals surface area contributed by atoms with Crippen molar-refractivity contribution < 1.29 is 23.5 Å². The summed E-state index contributed by atoms with van der Waals surface area (Å²) in [6.45, 7) is 7.34. The van der Waals surface area contributed by atoms with E-state index in [1.807, 2.05) is 38.1 Å². The van der Waals surface area contributed by atoms with Gasteiger partial charge in [0.25, 0.3) is 11.8 Å². The molecule has 1 atom stereocenters. The summed E-state index contributed by atoms with van der Waals surface area (Å²) in [7, 11) is 0. The van der Waals surface area contributed by atoms with Gasteiger partial charge in [-0.05, 0) is 41.2 Å². The number of nitrogens with one attached hydrogen (secondary N) is 2. The lowest BCUT2D eigenvalue weighted by Crippen LogP contribution is -2.36. The molecular weight excluding hydrogens is 399 g/mol. The van der Waals surface area contributed by atoms with Gasteiger partial charge in [-0.3, -0.25) is 14.4 Å². The molecule has 2 rings (SSSR count). The predicted octanol–water partition coefficient (Wildman–Crippen LogP) is 3.74. The fraction of sp³-hybridized carbons (Fsp3) is 0.375. The second kappa shape index (κ2) is 11.2. The second-order valence-corrected chi connectivity index (χ2v) is 7.96. The fourth-order valence-corrected chi connectivity index (χ4v) is 3.02. The van der Waals surface area contributed by atoms with E-state index in [4.69, 9.17) is 4.74 Å². The Bertz CT molecular complexity index is 910. The maximum absolute atomic E-state index is 13.2. The van der Waals surface area contributed by atoms with Crippen LogP contribution in [0.3, 0.4) is 0 Å². The molecule has 31 heavy (non-hydrogen) atoms. The lowest BCUT2D eigenvalue weighted by Gasteiger charge is -2.23. The van der Waals surface area contributed by atoms with Crippen molar-refractivity contribution in [1.82, 2.24) is 10.6 Å². The van der Waals surface area contributed by atoms with E-state index in [2.05, 4.69) is 24.5 Å². The van der Waals surface area contributed by atoms with Crippen molar-refractivity contribution in [2.45, 2.75) is 39.7 Å². The standard InChI is InChI=1S/C24H29FN2O4/c1-15(2)17-8-10-18(11-9-17)23(16(3)4)27-21(28)14-31-22(29)13-26-24(30)19-6-5-7-20(25)12-19/h5-12,15-16,23H,13-14H2,1-4H3,(H,26,30)(H,27,28)/t23-/m0/s1. The van der Waals surface area contributed by atoms with Crippen LogP contribution in [-0.4, -0.2) is 30.9 Å². The molecule has 166 valence electrons. The summed E-state index contributed by atoms with van der Waals surface area (Å²) in [5.41, 5.74) is 2.28. The molecule has 0 aliphatic carbocycles. The molecule has 0 spiro atoms. The Morgan fingerprint density at radius 3 is 2.19 bits per heavy atom. The van der Waals surface area contributed by atoms with Gasteiger partial charge in [0.2, 0.25) is 0 Å². The second-order valence-electron chi connectivity index (χ2n) is 7.96. The minimum Gasteiger partial charge on any atom is -0.454 e. The van der Waals surface area contributed by atoms with Crippen molar-refractivity contribution in [2.75, 3.05) is 13.2 Å². The number of ether oxygens (including phenoxy) is 1. The van der Waals surface area contributed by atoms with Gasteiger partial charge < -0.3 is 15.4 Å². The van der Waals surface area contributed by atoms with Crippen molar-refractivity contribution >= 4 is 17.8 Å². The number of rotatable bonds is 9. The predicted molar refractivity (Wildman–Crippen MR) is 116 cm³/mol. The Kier molecular flexibility index (Phi) is 8.73. The van der Waals surface area contributed by atoms with E-state index >= 15 is 0 Å². The summed E-state index contributed by atoms with van der Waals surface area (Å²) in [5.74, 6) is -1.80. The first-order valence-corrected chi connectivity index (χ1v) is 10.3. The maximum atomic E-state index is 13.2. The molecule has 7 heteroatoms. The molecule has 0 radical (unpaired) electrons. The number of halogens is 1. The maximum Gasteiger partial charge on any atom is 0.325 e. The zero-order chi connectivity index (χ0) is 23.0. The summed E-state index contributed by atoms with van der Waals surface area (Å²) < 4.78 is 18.1. The van der Waals surface area contributed by atoms with Crippen molar-refractivity contribution in [1.29, 1.82) is 0 Å². The molecule has 0 bridgehead atoms. The van der Waals surface area contributed by atoms with Gasteiger partial charge in [-0.15, -0.1) is 0 Å². The molecular formula is C24H29FN2O4. The first-order chi connectivity index (χ1) is 14.7. The fourth-order valence-electron chi connectivity index (χ4n) is 3.02. The molecule has 0 unspecified atom stereocenters. The first kappa shape index (κ1) is 24.1. The van der Waals surface area contributed by atoms with Gasteiger partial charge in [0.15, 0.2) is 6.61 Å². The number of benzene rings is 2. The summed E-state index contributed by atoms with van der Waals surface area (Å²) in [6, 6.07) is 13.0. The number of carbonyl (C=O) groups is 3. The summed E-state index contributed by atoms with van der Waals surface area (Å²) >= 11 is 0. The van der Waals surface area contributed by atoms with Gasteiger partial charge >= 0.3 is 5.97 Å². The Balaban J connectivity index is 1.83. The van der Waals surface area contributed by atoms with Gasteiger partial charge in [0.1, 0.15) is 12.4 Å². The summed E-state index contributed by atoms with van der Waals surface area (Å²) in [6.07, 6.45) is 0. The van der Waals surface area contributed by atoms with Crippen molar-refractivity contribution in [3.63, 3.8) is 0 Å². The van der Waals surface area contributed by atoms with Gasteiger partial charge in [0, 0.05) is 5.56 Å². The minimum absolute atomic E-state index is 0.0915. The van der Waals surface area contributed by atoms with Gasteiger partial charge in [-0.25, -0.2) is 4.39 Å². The molecule has 0 aliphatic heterocycles. The zero-order valence-corrected chi connectivity index (χ0v) is 18.3. The molecule has 6 nitrogen and oxygen atoms in total. The third kappa shape index (κ3) is 7.51. The molecule has 0 heterocycles. The Hall–Kier alpha value is -3.22. The average Bonchev–Trinajstić information content (AvgIpc) is 2.74. The van der Waals surface area contributed by atoms with E-state index in [0.29, 0.717) is 5.92 Å². The summed E-state index contributed by atoms with van der Waals surface area (Å²) in [4.78, 5) is 36.1. The van der Waals surface area contributed by atoms with E-state index in [1.54, 1.807) is 0 Å². The Morgan fingerprint density at radius 1 is 0.968 bits per heavy atom. The highest BCUT2D eigenvalue weighted by molar-refractivity contribution is 5.96. The average molecular weight is 429 g/mol. The van der Waals surface area contributed by atoms with Crippen LogP contribution in [0.1, 0.15) is 61.1 Å². The van der Waals surface area contributed by atoms with Gasteiger partial charge in [-0.1, -0.05) is 58.0 Å². The quantitative estimate of drug-likeness (QED) is 0.596. The van der Waals surface area contributed by atoms with E-state index in [-0.39, 0.29) is 17.5 Å². The molecule has 0 saturated carbocycles. The van der Waals surface area contributed by atoms with Crippen LogP contribution in [0, 0.1) is 11.7 Å². The van der Waals surface area contributed by atoms with Crippen LogP contribution in [0.25, 0.3) is 0 Å². The van der Waals surface area contributed by atoms with E-state index < -0.39 is 36.8 Å². The monoisotopic (exact) mass is 428 g/mol. The highest BCUT2D eigenvalue weighted by Crippen LogP contribution is 2.24. The van der Waals surface area contributed by atoms with Gasteiger partial charge in [0.05, 0.1) is 6.04 Å². The van der Waals surface area contributed by atoms with Crippen LogP contribution < -0.4 is 10.6 Å². The van der Waals surface area contributed by atoms with Crippen LogP contribution in [0.5, 0.6) is 0 Å². The van der Waals surface area contributed by atoms with Crippen LogP contribution in [0.4, 0.5) is 4.39 Å². The Morgan fingerprint density at radius 2 is 1.61 bits per heavy atom. The van der Waals surface area contributed by atoms with Crippen molar-refractivity contribution in [2.24, 2.45) is 5.92 Å². The molecule has 2 aromatic rings. The Labute approximate surface area is 182 Å². The molecule has 0 saturated heterocycles. The molecule has 0 fully saturated rings. The van der Waals surface area contributed by atoms with E-state index in [1.165, 1.54) is 23.8 Å². The first-order valence-electron chi connectivity index (χ1n) is 10.3. The number of amides is 2. The smallest absolute Gasteiger partial charge is 0.325 e. The molecule has 2 N–H and O–H groups in total. The molecule has 0 aromatic heterocycles. The molecule has 0 aliphatic rings. The third-order valence-corrected chi connectivity index (χ3v) is 4.79. The normalized spacial score (nSPS) is 11.8. The molecule has 2 aromatic carbocycles. The number of hydrogen-bond acceptors (Lipinski definition) is 4. The highest BCUT2D eigenvalue weighted by Gasteiger charge is 2.19. The van der Waals surface area contributed by atoms with Crippen LogP contribution in [-0.2, 0) is 14.3 Å². The van der Waals surface area contributed by atoms with Gasteiger partial charge in [-0.2, -0.15) is 0 Å². The lowest BCUT2D eigenvalue weighted by molar-refractivity contribution is -0.147. The topological polar surface area (TPSA) is 84.5 Å². The zero-order valence-electron chi connectivity index (χ0n) is 18.3. The van der Waals surface area contributed by atoms with Crippen LogP contribution in [0.2, 0.25) is 0 Å². The van der Waals surface area contributed by atoms with E-state index in [0.717, 1.165) is 11.6 Å². The van der Waals surface area contributed by atoms with Crippen LogP contribution >= 0.6 is 0 Å². The van der Waals surface area contributed by atoms with Crippen molar-refractivity contribution in [3.05, 3.63) is 71.0 Å². The number of carbonyl (C=O) groups excluding carboxylic acids is 3. The summed E-state index contributed by atoms with van der Waals surface area (Å²) in [5, 5.41) is 5.23. The lowest BCUT2D eigenvalue weighted by atomic mass is 9.93. The SMILES string of the molecule is CC(C)c1ccc([C@@H](NC(=O)COC(=O)CNC(=O)c2cccc(F)c2)C(C)C)cc1. The largest absolute Gasteiger partial charge is 0.454 e. The number of esters is 1. The van der Waals surface area contributed by atoms with Crippen molar-refractivity contribution in [3.8, 4) is 0 Å². The highest BCUT2D eigenvalue weighted by atomic mass is 19.1. The van der Waals surface area contributed by atoms with Crippen LogP contribution in [0.15, 0.2) is 48.5 Å². The number of hydrogen-bond donors (Lipinski definition) is 2. The minimum atomic E-state index is -0.762. The van der Waals surface area contributed by atoms with E-state index in [9.17, 15) is 18.8 Å². The third-order valence-electron chi connectivity index (χ3n) is 4.79. The molecule has 2 amide bonds.